The zero-order valence-corrected chi connectivity index (χ0v) is 37.2. The maximum atomic E-state index is 15.6. The van der Waals surface area contributed by atoms with Crippen LogP contribution >= 0.6 is 0 Å². The van der Waals surface area contributed by atoms with Gasteiger partial charge >= 0.3 is 0 Å². The van der Waals surface area contributed by atoms with Gasteiger partial charge < -0.3 is 39.9 Å². The van der Waals surface area contributed by atoms with Gasteiger partial charge in [0.2, 0.25) is 0 Å². The Morgan fingerprint density at radius 1 is 0.712 bits per heavy atom. The number of pyridine rings is 4. The summed E-state index contributed by atoms with van der Waals surface area (Å²) in [5.74, 6) is -0.995. The molecule has 0 spiro atoms. The van der Waals surface area contributed by atoms with E-state index in [4.69, 9.17) is 10.1 Å². The van der Waals surface area contributed by atoms with E-state index in [1.165, 1.54) is 12.1 Å². The molecule has 10 heterocycles. The number of halogens is 2. The Labute approximate surface area is 378 Å². The lowest BCUT2D eigenvalue weighted by Crippen LogP contribution is -2.35. The fraction of sp³-hybridized carbons (Fsp3) is 0.383. The lowest BCUT2D eigenvalue weighted by Gasteiger charge is -2.20. The number of hydrogen-bond donors (Lipinski definition) is 4. The number of carbonyl (C=O) groups excluding carboxylic acids is 2. The van der Waals surface area contributed by atoms with Gasteiger partial charge in [-0.05, 0) is 88.7 Å². The molecular weight excluding hydrogens is 845 g/mol. The molecule has 4 N–H and O–H groups in total. The predicted octanol–water partition coefficient (Wildman–Crippen LogP) is 5.62. The molecule has 2 aliphatic heterocycles. The Bertz CT molecular complexity index is 3210. The lowest BCUT2D eigenvalue weighted by molar-refractivity contribution is 0.101. The molecule has 66 heavy (non-hydrogen) atoms. The van der Waals surface area contributed by atoms with E-state index in [-0.39, 0.29) is 28.9 Å². The van der Waals surface area contributed by atoms with Crippen molar-refractivity contribution >= 4 is 57.0 Å². The number of nitrogens with zero attached hydrogens (tertiary/aromatic N) is 11. The molecule has 8 aromatic heterocycles. The number of anilines is 4. The highest BCUT2D eigenvalue weighted by atomic mass is 19.1. The number of fused-ring (bicyclic) bond motifs is 4. The molecule has 0 aromatic carbocycles. The van der Waals surface area contributed by atoms with Gasteiger partial charge in [-0.1, -0.05) is 13.8 Å². The van der Waals surface area contributed by atoms with Crippen molar-refractivity contribution in [3.63, 3.8) is 0 Å². The highest BCUT2D eigenvalue weighted by molar-refractivity contribution is 6.05. The fourth-order valence-corrected chi connectivity index (χ4v) is 9.90. The Balaban J connectivity index is 0.723. The highest BCUT2D eigenvalue weighted by Crippen LogP contribution is 2.36. The van der Waals surface area contributed by atoms with Gasteiger partial charge in [0.1, 0.15) is 17.2 Å². The van der Waals surface area contributed by atoms with Crippen LogP contribution in [0.4, 0.5) is 31.5 Å². The van der Waals surface area contributed by atoms with E-state index in [0.717, 1.165) is 86.7 Å². The number of carbonyl (C=O) groups is 2. The van der Waals surface area contributed by atoms with Crippen LogP contribution in [0.15, 0.2) is 67.3 Å². The standard InChI is InChI=1S/C47H51F2N15O2/c1-5-29-19-42-38(59-13-11-30(21-59)50-6-2)7-9-40(63(42)58-29)46(65)55-34-18-36(49)44-54-32(23-62(44)25-34)15-28-16-37(28)53-31-12-14-60(22-31)39-8-10-41(64-45(39)52-27(4)57-64)47(66)56-33-17-35(48)43-51-26(3)20-61(43)24-33/h7-10,17-20,23-25,28,30-31,37,50,53H,5-6,11-16,21-22H2,1-4H3,(H,55,65)(H,56,66)/t28?,30?,31-,37?/m1/s1. The number of rotatable bonds is 13. The van der Waals surface area contributed by atoms with Crippen LogP contribution in [-0.4, -0.2) is 106 Å². The summed E-state index contributed by atoms with van der Waals surface area (Å²) >= 11 is 0. The van der Waals surface area contributed by atoms with Crippen molar-refractivity contribution in [1.29, 1.82) is 0 Å². The first-order valence-corrected chi connectivity index (χ1v) is 22.8. The van der Waals surface area contributed by atoms with E-state index in [1.54, 1.807) is 62.4 Å². The van der Waals surface area contributed by atoms with Crippen molar-refractivity contribution in [2.75, 3.05) is 53.2 Å². The first-order chi connectivity index (χ1) is 32.0. The molecule has 0 bridgehead atoms. The van der Waals surface area contributed by atoms with Crippen LogP contribution in [0.5, 0.6) is 0 Å². The Kier molecular flexibility index (Phi) is 10.4. The maximum Gasteiger partial charge on any atom is 0.274 e. The van der Waals surface area contributed by atoms with Crippen molar-refractivity contribution in [2.45, 2.75) is 77.9 Å². The summed E-state index contributed by atoms with van der Waals surface area (Å²) in [6, 6.07) is 13.0. The van der Waals surface area contributed by atoms with Gasteiger partial charge in [0, 0.05) is 81.2 Å². The average molecular weight is 896 g/mol. The molecule has 11 rings (SSSR count). The van der Waals surface area contributed by atoms with E-state index in [0.29, 0.717) is 58.7 Å². The summed E-state index contributed by atoms with van der Waals surface area (Å²) in [5.41, 5.74) is 7.39. The number of likely N-dealkylation sites (N-methyl/N-ethyl adjacent to an activating group) is 1. The first-order valence-electron chi connectivity index (χ1n) is 22.8. The lowest BCUT2D eigenvalue weighted by atomic mass is 10.2. The third kappa shape index (κ3) is 7.74. The van der Waals surface area contributed by atoms with Crippen LogP contribution in [0.3, 0.4) is 0 Å². The van der Waals surface area contributed by atoms with E-state index in [1.807, 2.05) is 31.3 Å². The third-order valence-corrected chi connectivity index (χ3v) is 13.1. The van der Waals surface area contributed by atoms with Crippen LogP contribution in [0.1, 0.15) is 77.0 Å². The second-order valence-corrected chi connectivity index (χ2v) is 17.9. The second kappa shape index (κ2) is 16.5. The van der Waals surface area contributed by atoms with Crippen LogP contribution < -0.4 is 31.1 Å². The zero-order valence-electron chi connectivity index (χ0n) is 37.2. The quantitative estimate of drug-likeness (QED) is 0.113. The summed E-state index contributed by atoms with van der Waals surface area (Å²) in [6.07, 6.45) is 11.3. The first kappa shape index (κ1) is 41.7. The van der Waals surface area contributed by atoms with E-state index >= 15 is 4.39 Å². The van der Waals surface area contributed by atoms with Gasteiger partial charge in [-0.25, -0.2) is 32.8 Å². The predicted molar refractivity (Wildman–Crippen MR) is 247 cm³/mol. The Morgan fingerprint density at radius 2 is 1.36 bits per heavy atom. The molecule has 4 atom stereocenters. The van der Waals surface area contributed by atoms with Crippen molar-refractivity contribution in [3.05, 3.63) is 113 Å². The molecule has 8 aromatic rings. The second-order valence-electron chi connectivity index (χ2n) is 17.9. The number of amides is 2. The molecule has 0 radical (unpaired) electrons. The zero-order chi connectivity index (χ0) is 45.4. The van der Waals surface area contributed by atoms with Gasteiger partial charge in [-0.15, -0.1) is 0 Å². The molecule has 1 saturated carbocycles. The van der Waals surface area contributed by atoms with Crippen LogP contribution in [0, 0.1) is 31.4 Å². The molecule has 340 valence electrons. The summed E-state index contributed by atoms with van der Waals surface area (Å²) < 4.78 is 36.8. The van der Waals surface area contributed by atoms with Gasteiger partial charge in [0.15, 0.2) is 28.6 Å². The average Bonchev–Trinajstić information content (AvgIpc) is 4.02. The summed E-state index contributed by atoms with van der Waals surface area (Å²) in [5, 5.41) is 22.4. The smallest absolute Gasteiger partial charge is 0.274 e. The maximum absolute atomic E-state index is 15.6. The SMILES string of the molecule is CCNC1CCN(c2ccc(C(=O)Nc3cc(F)c4nc(CC5CC5N[C@@H]5CCN(c6ccc(C(=O)Nc7cc(F)c8nc(C)cn8c7)n7nc(C)nc67)C5)cn4c3)n3nc(CC)cc23)C1. The van der Waals surface area contributed by atoms with Crippen molar-refractivity contribution in [2.24, 2.45) is 5.92 Å². The number of aromatic nitrogens is 9. The number of aryl methyl sites for hydroxylation is 3. The van der Waals surface area contributed by atoms with Crippen molar-refractivity contribution in [1.82, 2.24) is 53.6 Å². The van der Waals surface area contributed by atoms with E-state index in [9.17, 15) is 14.0 Å². The van der Waals surface area contributed by atoms with E-state index < -0.39 is 17.5 Å². The summed E-state index contributed by atoms with van der Waals surface area (Å²) in [4.78, 5) is 45.4. The Morgan fingerprint density at radius 3 is 2.09 bits per heavy atom. The molecule has 3 aliphatic rings. The normalized spacial score (nSPS) is 19.6. The van der Waals surface area contributed by atoms with Crippen LogP contribution in [0.2, 0.25) is 0 Å². The third-order valence-electron chi connectivity index (χ3n) is 13.1. The number of hydrogen-bond acceptors (Lipinski definition) is 11. The van der Waals surface area contributed by atoms with Crippen molar-refractivity contribution < 1.29 is 18.4 Å². The van der Waals surface area contributed by atoms with Gasteiger partial charge in [0.05, 0.1) is 45.3 Å². The number of imidazole rings is 2. The minimum absolute atomic E-state index is 0.193. The highest BCUT2D eigenvalue weighted by Gasteiger charge is 2.40. The molecule has 2 saturated heterocycles. The molecule has 3 unspecified atom stereocenters. The van der Waals surface area contributed by atoms with Crippen molar-refractivity contribution in [3.8, 4) is 0 Å². The largest absolute Gasteiger partial charge is 0.368 e. The van der Waals surface area contributed by atoms with Gasteiger partial charge in [-0.2, -0.15) is 10.2 Å². The minimum Gasteiger partial charge on any atom is -0.368 e. The minimum atomic E-state index is -0.535. The summed E-state index contributed by atoms with van der Waals surface area (Å²) in [7, 11) is 0. The Hall–Kier alpha value is -6.99. The topological polar surface area (TPSA) is 171 Å². The molecule has 3 fully saturated rings. The van der Waals surface area contributed by atoms with Crippen LogP contribution in [0.25, 0.3) is 22.5 Å². The van der Waals surface area contributed by atoms with Gasteiger partial charge in [-0.3, -0.25) is 9.59 Å². The van der Waals surface area contributed by atoms with Gasteiger partial charge in [0.25, 0.3) is 11.8 Å². The van der Waals surface area contributed by atoms with Crippen LogP contribution in [-0.2, 0) is 12.8 Å². The van der Waals surface area contributed by atoms with E-state index in [2.05, 4.69) is 53.1 Å². The fourth-order valence-electron chi connectivity index (χ4n) is 9.90. The molecule has 19 heteroatoms. The molecule has 1 aliphatic carbocycles. The molecule has 17 nitrogen and oxygen atoms in total. The number of nitrogens with one attached hydrogen (secondary N) is 4. The summed E-state index contributed by atoms with van der Waals surface area (Å²) in [6.45, 7) is 12.0. The monoisotopic (exact) mass is 895 g/mol. The molecular formula is C47H51F2N15O2. The molecule has 2 amide bonds.